The van der Waals surface area contributed by atoms with E-state index in [1.807, 2.05) is 31.2 Å². The van der Waals surface area contributed by atoms with Gasteiger partial charge in [-0.1, -0.05) is 152 Å². The number of hydrogen-bond donors (Lipinski definition) is 18. The number of hydrogen-bond acceptors (Lipinski definition) is 16. The molecule has 0 fully saturated rings. The fraction of sp³-hybridized carbons (Fsp3) is 0.610. The maximum Gasteiger partial charge on any atom is 0.245 e. The standard InChI is InChI=1S/C77H123N19O13/c1-5-7-9-10-11-12-13-14-15-16-17-18-22-38-66(100)84-42-28-26-36-59(93-76(109)67(50(3)97)96-75(108)64(88-51(4)98)46-54-48-83-49-87-54)69(102)92-61(39-40-65(79)99)72(105)90-58(35-25-27-41-78)70(103)94-62(44-52-30-20-19-21-31-52)73(106)91-60(37-29-43-85-77(81)82)71(104)95-63(74(107)89-57(68(80)101)33-8-6-2)45-53-47-86-56-34-24-23-32-55(53)56/h19-21,23-24,30-32,34,47-50,57-64,67,86,97H,5-18,22,25-29,33,35-46,78H2,1-4H3,(H2,79,99)(H2,80,101)(H,83,87)(H,84,100)(H,88,98)(H,89,107)(H,90,105)(H,91,106)(H,92,102)(H,93,109)(H,94,103)(H,95,104)(H,96,108)(H4,81,82,85)/t50-,57+,58+,59+,60+,61+,62-,63+,64+,67+/m1/s1. The Balaban J connectivity index is 1.63. The fourth-order valence-electron chi connectivity index (χ4n) is 12.6. The van der Waals surface area contributed by atoms with Crippen LogP contribution >= 0.6 is 0 Å². The molecule has 0 aliphatic rings. The molecule has 2 heterocycles. The number of nitrogens with zero attached hydrogens (tertiary/aromatic N) is 2. The molecule has 604 valence electrons. The summed E-state index contributed by atoms with van der Waals surface area (Å²) in [6.07, 6.45) is 19.5. The predicted molar refractivity (Wildman–Crippen MR) is 416 cm³/mol. The molecule has 0 saturated heterocycles. The van der Waals surface area contributed by atoms with E-state index in [4.69, 9.17) is 28.7 Å². The Morgan fingerprint density at radius 2 is 0.954 bits per heavy atom. The summed E-state index contributed by atoms with van der Waals surface area (Å²) in [5, 5.41) is 38.7. The van der Waals surface area contributed by atoms with Crippen LogP contribution in [0.2, 0.25) is 0 Å². The molecule has 4 rings (SSSR count). The van der Waals surface area contributed by atoms with Gasteiger partial charge in [0.2, 0.25) is 70.9 Å². The second-order valence-electron chi connectivity index (χ2n) is 28.1. The molecule has 12 amide bonds. The third-order valence-corrected chi connectivity index (χ3v) is 18.7. The van der Waals surface area contributed by atoms with E-state index in [1.54, 1.807) is 36.5 Å². The first-order valence-electron chi connectivity index (χ1n) is 38.9. The normalized spacial score (nSPS) is 13.9. The van der Waals surface area contributed by atoms with Gasteiger partial charge in [-0.15, -0.1) is 0 Å². The van der Waals surface area contributed by atoms with Crippen molar-refractivity contribution in [2.45, 2.75) is 281 Å². The number of aliphatic hydroxyl groups is 1. The Hall–Kier alpha value is -9.98. The van der Waals surface area contributed by atoms with Crippen molar-refractivity contribution in [3.63, 3.8) is 0 Å². The number of nitrogens with two attached hydrogens (primary N) is 5. The van der Waals surface area contributed by atoms with E-state index in [1.165, 1.54) is 84.2 Å². The zero-order valence-corrected chi connectivity index (χ0v) is 64.2. The lowest BCUT2D eigenvalue weighted by atomic mass is 10.0. The first-order chi connectivity index (χ1) is 52.3. The molecule has 0 aliphatic carbocycles. The van der Waals surface area contributed by atoms with Crippen molar-refractivity contribution in [3.05, 3.63) is 90.1 Å². The van der Waals surface area contributed by atoms with Gasteiger partial charge in [0, 0.05) is 81.1 Å². The van der Waals surface area contributed by atoms with Crippen molar-refractivity contribution in [2.75, 3.05) is 19.6 Å². The number of carbonyl (C=O) groups excluding carboxylic acids is 12. The lowest BCUT2D eigenvalue weighted by molar-refractivity contribution is -0.137. The third-order valence-electron chi connectivity index (χ3n) is 18.7. The lowest BCUT2D eigenvalue weighted by Crippen LogP contribution is -2.61. The number of guanidine groups is 1. The van der Waals surface area contributed by atoms with Gasteiger partial charge in [0.25, 0.3) is 0 Å². The molecule has 0 radical (unpaired) electrons. The van der Waals surface area contributed by atoms with Gasteiger partial charge >= 0.3 is 0 Å². The minimum Gasteiger partial charge on any atom is -0.391 e. The number of nitrogens with one attached hydrogen (secondary N) is 12. The van der Waals surface area contributed by atoms with Crippen LogP contribution < -0.4 is 81.8 Å². The number of para-hydroxylation sites is 1. The number of rotatable bonds is 58. The second-order valence-corrected chi connectivity index (χ2v) is 28.1. The summed E-state index contributed by atoms with van der Waals surface area (Å²) >= 11 is 0. The lowest BCUT2D eigenvalue weighted by Gasteiger charge is -2.29. The van der Waals surface area contributed by atoms with Crippen LogP contribution in [-0.4, -0.2) is 177 Å². The number of unbranched alkanes of at least 4 members (excludes halogenated alkanes) is 15. The maximum absolute atomic E-state index is 15.0. The van der Waals surface area contributed by atoms with E-state index in [0.29, 0.717) is 48.9 Å². The van der Waals surface area contributed by atoms with Crippen LogP contribution in [0.4, 0.5) is 0 Å². The largest absolute Gasteiger partial charge is 0.391 e. The number of amides is 12. The summed E-state index contributed by atoms with van der Waals surface area (Å²) in [6, 6.07) is 2.99. The molecule has 109 heavy (non-hydrogen) atoms. The highest BCUT2D eigenvalue weighted by molar-refractivity contribution is 5.99. The van der Waals surface area contributed by atoms with E-state index in [2.05, 4.69) is 80.0 Å². The Kier molecular flexibility index (Phi) is 43.7. The summed E-state index contributed by atoms with van der Waals surface area (Å²) in [7, 11) is 0. The maximum atomic E-state index is 15.0. The highest BCUT2D eigenvalue weighted by atomic mass is 16.3. The Labute approximate surface area is 640 Å². The van der Waals surface area contributed by atoms with Crippen LogP contribution in [-0.2, 0) is 76.8 Å². The van der Waals surface area contributed by atoms with E-state index in [0.717, 1.165) is 36.6 Å². The molecule has 0 spiro atoms. The number of primary amides is 2. The smallest absolute Gasteiger partial charge is 0.245 e. The van der Waals surface area contributed by atoms with Crippen molar-refractivity contribution < 1.29 is 62.6 Å². The molecule has 10 atom stereocenters. The predicted octanol–water partition coefficient (Wildman–Crippen LogP) is 2.57. The van der Waals surface area contributed by atoms with Gasteiger partial charge in [0.1, 0.15) is 54.4 Å². The van der Waals surface area contributed by atoms with E-state index in [9.17, 15) is 57.8 Å². The topological polar surface area (TPSA) is 532 Å². The van der Waals surface area contributed by atoms with Gasteiger partial charge < -0.3 is 96.9 Å². The van der Waals surface area contributed by atoms with E-state index in [-0.39, 0.29) is 95.7 Å². The molecule has 0 saturated carbocycles. The minimum absolute atomic E-state index is 0.0178. The molecule has 4 aromatic rings. The number of H-pyrrole nitrogens is 2. The number of imidazole rings is 1. The van der Waals surface area contributed by atoms with Gasteiger partial charge in [-0.25, -0.2) is 4.98 Å². The average molecular weight is 1520 g/mol. The number of aromatic amines is 2. The number of aromatic nitrogens is 3. The van der Waals surface area contributed by atoms with Crippen molar-refractivity contribution in [1.82, 2.24) is 68.1 Å². The fourth-order valence-corrected chi connectivity index (χ4v) is 12.6. The monoisotopic (exact) mass is 1520 g/mol. The summed E-state index contributed by atoms with van der Waals surface area (Å²) < 4.78 is 0. The quantitative estimate of drug-likeness (QED) is 0.0172. The zero-order valence-electron chi connectivity index (χ0n) is 64.2. The van der Waals surface area contributed by atoms with Gasteiger partial charge in [-0.3, -0.25) is 62.5 Å². The SMILES string of the molecule is CCCCCCCCCCCCCCCC(=O)NCCCC[C@H](NC(=O)[C@@H](NC(=O)[C@H](Cc1cnc[nH]1)NC(C)=O)[C@@H](C)O)C(=O)N[C@@H](CCC(N)=O)C(=O)N[C@@H](CCCCN)C(=O)N[C@H](Cc1ccccc1)C(=O)N[C@@H](CCCN=C(N)N)C(=O)N[C@@H](Cc1c[nH]c2ccccc12)C(=O)N[C@@H](CCCC)C(N)=O. The number of aliphatic imine (C=N–C) groups is 1. The van der Waals surface area contributed by atoms with Crippen LogP contribution in [0.15, 0.2) is 78.3 Å². The van der Waals surface area contributed by atoms with Crippen LogP contribution in [0.25, 0.3) is 10.9 Å². The molecule has 32 heteroatoms. The molecule has 23 N–H and O–H groups in total. The highest BCUT2D eigenvalue weighted by Gasteiger charge is 2.37. The first-order valence-corrected chi connectivity index (χ1v) is 38.9. The number of carbonyl (C=O) groups is 12. The molecule has 0 aliphatic heterocycles. The molecule has 0 bridgehead atoms. The average Bonchev–Trinajstić information content (AvgIpc) is 1.85. The summed E-state index contributed by atoms with van der Waals surface area (Å²) in [5.74, 6) is -9.78. The molecular formula is C77H123N19O13. The molecule has 2 aromatic heterocycles. The van der Waals surface area contributed by atoms with E-state index < -0.39 is 138 Å². The summed E-state index contributed by atoms with van der Waals surface area (Å²) in [5.41, 5.74) is 31.0. The van der Waals surface area contributed by atoms with Crippen LogP contribution in [0, 0.1) is 0 Å². The Morgan fingerprint density at radius 3 is 1.49 bits per heavy atom. The molecule has 2 aromatic carbocycles. The van der Waals surface area contributed by atoms with Crippen LogP contribution in [0.1, 0.15) is 218 Å². The van der Waals surface area contributed by atoms with Gasteiger partial charge in [0.15, 0.2) is 5.96 Å². The van der Waals surface area contributed by atoms with Crippen molar-refractivity contribution in [2.24, 2.45) is 33.7 Å². The Bertz CT molecular complexity index is 3480. The highest BCUT2D eigenvalue weighted by Crippen LogP contribution is 2.21. The zero-order chi connectivity index (χ0) is 79.9. The molecule has 32 nitrogen and oxygen atoms in total. The van der Waals surface area contributed by atoms with E-state index >= 15 is 4.79 Å². The van der Waals surface area contributed by atoms with Crippen LogP contribution in [0.3, 0.4) is 0 Å². The van der Waals surface area contributed by atoms with Gasteiger partial charge in [-0.05, 0) is 101 Å². The number of fused-ring (bicyclic) bond motifs is 1. The number of aliphatic hydroxyl groups excluding tert-OH is 1. The first kappa shape index (κ1) is 91.4. The minimum atomic E-state index is -1.72. The summed E-state index contributed by atoms with van der Waals surface area (Å²) in [4.78, 5) is 181. The third kappa shape index (κ3) is 36.7. The molecule has 0 unspecified atom stereocenters. The molecular weight excluding hydrogens is 1400 g/mol. The van der Waals surface area contributed by atoms with Crippen molar-refractivity contribution in [1.29, 1.82) is 0 Å². The van der Waals surface area contributed by atoms with Crippen LogP contribution in [0.5, 0.6) is 0 Å². The number of benzene rings is 2. The van der Waals surface area contributed by atoms with Gasteiger partial charge in [-0.2, -0.15) is 0 Å². The Morgan fingerprint density at radius 1 is 0.477 bits per heavy atom. The van der Waals surface area contributed by atoms with Crippen molar-refractivity contribution in [3.8, 4) is 0 Å². The van der Waals surface area contributed by atoms with Crippen molar-refractivity contribution >= 4 is 87.7 Å². The van der Waals surface area contributed by atoms with Gasteiger partial charge in [0.05, 0.1) is 12.4 Å². The summed E-state index contributed by atoms with van der Waals surface area (Å²) in [6.45, 7) is 6.96. The second kappa shape index (κ2) is 52.1.